The fourth-order valence-electron chi connectivity index (χ4n) is 6.74. The molecule has 3 aliphatic rings. The number of aliphatic hydroxyl groups excluding tert-OH is 1. The molecule has 0 aliphatic carbocycles. The Balaban J connectivity index is 1.70. The maximum absolute atomic E-state index is 14.6. The Bertz CT molecular complexity index is 1160. The smallest absolute Gasteiger partial charge is 0.312 e. The summed E-state index contributed by atoms with van der Waals surface area (Å²) in [6.07, 6.45) is 7.79. The fourth-order valence-corrected chi connectivity index (χ4v) is 7.69. The number of alkyl halides is 1. The second-order valence-corrected chi connectivity index (χ2v) is 12.6. The van der Waals surface area contributed by atoms with E-state index in [1.165, 1.54) is 0 Å². The van der Waals surface area contributed by atoms with E-state index in [4.69, 9.17) is 9.47 Å². The van der Waals surface area contributed by atoms with Gasteiger partial charge in [0.1, 0.15) is 11.6 Å². The van der Waals surface area contributed by atoms with E-state index in [0.717, 1.165) is 29.7 Å². The molecule has 0 aromatic heterocycles. The van der Waals surface area contributed by atoms with Gasteiger partial charge in [-0.25, -0.2) is 0 Å². The lowest BCUT2D eigenvalue weighted by Crippen LogP contribution is -2.57. The molecule has 0 radical (unpaired) electrons. The van der Waals surface area contributed by atoms with Gasteiger partial charge in [-0.3, -0.25) is 14.4 Å². The molecule has 2 amide bonds. The molecule has 3 unspecified atom stereocenters. The Labute approximate surface area is 251 Å². The highest BCUT2D eigenvalue weighted by Crippen LogP contribution is 2.60. The van der Waals surface area contributed by atoms with Crippen LogP contribution in [0.4, 0.5) is 5.69 Å². The van der Waals surface area contributed by atoms with Crippen molar-refractivity contribution in [2.75, 3.05) is 31.2 Å². The molecule has 3 aliphatic heterocycles. The number of rotatable bonds is 15. The first-order valence-electron chi connectivity index (χ1n) is 14.7. The minimum atomic E-state index is -1.15. The first-order chi connectivity index (χ1) is 19.7. The van der Waals surface area contributed by atoms with Crippen LogP contribution in [0.2, 0.25) is 0 Å². The minimum absolute atomic E-state index is 0.0688. The Kier molecular flexibility index (Phi) is 10.5. The molecule has 1 aromatic rings. The van der Waals surface area contributed by atoms with Gasteiger partial charge in [0.15, 0.2) is 0 Å². The van der Waals surface area contributed by atoms with E-state index < -0.39 is 35.6 Å². The Morgan fingerprint density at radius 2 is 1.98 bits per heavy atom. The van der Waals surface area contributed by atoms with E-state index in [2.05, 4.69) is 29.1 Å². The van der Waals surface area contributed by atoms with Gasteiger partial charge in [-0.05, 0) is 76.0 Å². The number of ether oxygens (including phenoxy) is 2. The van der Waals surface area contributed by atoms with Crippen LogP contribution in [0.1, 0.15) is 56.1 Å². The number of allylic oxidation sites excluding steroid dienone is 1. The minimum Gasteiger partial charge on any atom is -0.465 e. The fraction of sp³-hybridized carbons (Fsp3) is 0.594. The van der Waals surface area contributed by atoms with Crippen molar-refractivity contribution in [2.45, 2.75) is 81.4 Å². The van der Waals surface area contributed by atoms with Crippen molar-refractivity contribution in [3.8, 4) is 0 Å². The summed E-state index contributed by atoms with van der Waals surface area (Å²) in [6, 6.07) is 5.06. The van der Waals surface area contributed by atoms with Crippen molar-refractivity contribution < 1.29 is 29.0 Å². The number of esters is 1. The molecule has 41 heavy (non-hydrogen) atoms. The van der Waals surface area contributed by atoms with Gasteiger partial charge in [0.2, 0.25) is 5.91 Å². The zero-order valence-electron chi connectivity index (χ0n) is 24.2. The van der Waals surface area contributed by atoms with Gasteiger partial charge in [0.25, 0.3) is 5.91 Å². The van der Waals surface area contributed by atoms with Crippen molar-refractivity contribution in [1.82, 2.24) is 4.90 Å². The Morgan fingerprint density at radius 3 is 2.68 bits per heavy atom. The summed E-state index contributed by atoms with van der Waals surface area (Å²) in [5.74, 6) is -2.49. The number of hydrogen-bond acceptors (Lipinski definition) is 6. The molecule has 3 fully saturated rings. The molecule has 6 atom stereocenters. The van der Waals surface area contributed by atoms with Crippen molar-refractivity contribution in [3.05, 3.63) is 54.6 Å². The third kappa shape index (κ3) is 6.04. The number of halogens is 1. The lowest BCUT2D eigenvalue weighted by Gasteiger charge is -2.37. The quantitative estimate of drug-likeness (QED) is 0.131. The summed E-state index contributed by atoms with van der Waals surface area (Å²) in [7, 11) is 0. The molecule has 3 heterocycles. The molecule has 3 saturated heterocycles. The van der Waals surface area contributed by atoms with E-state index in [9.17, 15) is 19.5 Å². The maximum atomic E-state index is 14.6. The number of fused-ring (bicyclic) bond motifs is 1. The highest BCUT2D eigenvalue weighted by molar-refractivity contribution is 9.09. The highest BCUT2D eigenvalue weighted by atomic mass is 79.9. The van der Waals surface area contributed by atoms with Gasteiger partial charge >= 0.3 is 5.97 Å². The summed E-state index contributed by atoms with van der Waals surface area (Å²) in [6.45, 7) is 12.5. The van der Waals surface area contributed by atoms with Crippen molar-refractivity contribution in [1.29, 1.82) is 0 Å². The lowest BCUT2D eigenvalue weighted by molar-refractivity contribution is -0.155. The standard InChI is InChI=1S/C32H43BrN2O6/c1-5-7-8-12-18-40-31(39)25-26-29(37)35(16-10-9-11-17-36)28(32(26)20-23(33)27(25)41-32)30(38)34(15-6-2)24-19-21(3)13-14-22(24)4/h5-6,13-14,19,23,25-28,36H,1-2,7-12,15-18,20H2,3-4H3/t23?,25-,26+,27-,28?,32?/m1/s1. The number of nitrogens with zero attached hydrogens (tertiary/aromatic N) is 2. The van der Waals surface area contributed by atoms with Crippen molar-refractivity contribution in [3.63, 3.8) is 0 Å². The third-order valence-electron chi connectivity index (χ3n) is 8.63. The van der Waals surface area contributed by atoms with Crippen LogP contribution in [0.5, 0.6) is 0 Å². The SMILES string of the molecule is C=CCCCCOC(=O)[C@H]1[C@@H]2OC3(CC2Br)C(C(=O)N(CC=C)c2cc(C)ccc2C)N(CCCCCO)C(=O)[C@H]13. The van der Waals surface area contributed by atoms with Crippen LogP contribution < -0.4 is 4.90 Å². The molecule has 1 aromatic carbocycles. The number of amides is 2. The number of aryl methyl sites for hydroxylation is 2. The molecular weight excluding hydrogens is 588 g/mol. The van der Waals surface area contributed by atoms with Gasteiger partial charge < -0.3 is 24.4 Å². The summed E-state index contributed by atoms with van der Waals surface area (Å²) in [5, 5.41) is 9.28. The first-order valence-corrected chi connectivity index (χ1v) is 15.6. The van der Waals surface area contributed by atoms with E-state index in [1.54, 1.807) is 15.9 Å². The average Bonchev–Trinajstić information content (AvgIpc) is 3.54. The molecule has 8 nitrogen and oxygen atoms in total. The van der Waals surface area contributed by atoms with Gasteiger partial charge in [-0.1, -0.05) is 40.2 Å². The number of benzene rings is 1. The highest BCUT2D eigenvalue weighted by Gasteiger charge is 2.77. The predicted molar refractivity (Wildman–Crippen MR) is 162 cm³/mol. The van der Waals surface area contributed by atoms with E-state index in [0.29, 0.717) is 38.6 Å². The molecule has 224 valence electrons. The van der Waals surface area contributed by atoms with Crippen LogP contribution in [0.3, 0.4) is 0 Å². The molecular formula is C32H43BrN2O6. The molecule has 0 saturated carbocycles. The maximum Gasteiger partial charge on any atom is 0.312 e. The summed E-state index contributed by atoms with van der Waals surface area (Å²) in [5.41, 5.74) is 1.57. The van der Waals surface area contributed by atoms with E-state index in [-0.39, 0.29) is 36.4 Å². The van der Waals surface area contributed by atoms with Crippen molar-refractivity contribution >= 4 is 39.4 Å². The Morgan fingerprint density at radius 1 is 1.20 bits per heavy atom. The summed E-state index contributed by atoms with van der Waals surface area (Å²) < 4.78 is 12.3. The number of carbonyl (C=O) groups excluding carboxylic acids is 3. The molecule has 1 spiro atoms. The molecule has 9 heteroatoms. The largest absolute Gasteiger partial charge is 0.465 e. The van der Waals surface area contributed by atoms with Gasteiger partial charge in [-0.15, -0.1) is 13.2 Å². The van der Waals surface area contributed by atoms with Crippen LogP contribution in [0, 0.1) is 25.7 Å². The normalized spacial score (nSPS) is 28.0. The van der Waals surface area contributed by atoms with Gasteiger partial charge in [0.05, 0.1) is 24.5 Å². The van der Waals surface area contributed by atoms with Crippen molar-refractivity contribution in [2.24, 2.45) is 11.8 Å². The number of hydrogen-bond donors (Lipinski definition) is 1. The topological polar surface area (TPSA) is 96.4 Å². The van der Waals surface area contributed by atoms with E-state index in [1.807, 2.05) is 38.1 Å². The van der Waals surface area contributed by atoms with Crippen LogP contribution >= 0.6 is 15.9 Å². The predicted octanol–water partition coefficient (Wildman–Crippen LogP) is 4.63. The Hall–Kier alpha value is -2.49. The monoisotopic (exact) mass is 630 g/mol. The zero-order valence-corrected chi connectivity index (χ0v) is 25.8. The van der Waals surface area contributed by atoms with Crippen LogP contribution in [-0.4, -0.2) is 76.7 Å². The summed E-state index contributed by atoms with van der Waals surface area (Å²) >= 11 is 3.72. The first kappa shape index (κ1) is 31.4. The van der Waals surface area contributed by atoms with Crippen LogP contribution in [-0.2, 0) is 23.9 Å². The number of carbonyl (C=O) groups is 3. The van der Waals surface area contributed by atoms with E-state index >= 15 is 0 Å². The lowest BCUT2D eigenvalue weighted by atomic mass is 9.70. The number of anilines is 1. The number of unbranched alkanes of at least 4 members (excludes halogenated alkanes) is 4. The third-order valence-corrected chi connectivity index (χ3v) is 9.48. The average molecular weight is 632 g/mol. The molecule has 1 N–H and O–H groups in total. The molecule has 2 bridgehead atoms. The number of likely N-dealkylation sites (tertiary alicyclic amines) is 1. The molecule has 4 rings (SSSR count). The van der Waals surface area contributed by atoms with Crippen LogP contribution in [0.15, 0.2) is 43.5 Å². The summed E-state index contributed by atoms with van der Waals surface area (Å²) in [4.78, 5) is 45.5. The zero-order chi connectivity index (χ0) is 29.7. The second-order valence-electron chi connectivity index (χ2n) is 11.5. The second kappa shape index (κ2) is 13.7. The van der Waals surface area contributed by atoms with Gasteiger partial charge in [0, 0.05) is 30.2 Å². The number of aliphatic hydroxyl groups is 1. The van der Waals surface area contributed by atoms with Gasteiger partial charge in [-0.2, -0.15) is 0 Å². The van der Waals surface area contributed by atoms with Crippen LogP contribution in [0.25, 0.3) is 0 Å².